The molecule has 4 rings (SSSR count). The van der Waals surface area contributed by atoms with Gasteiger partial charge in [0.25, 0.3) is 5.91 Å². The number of carbonyl (C=O) groups excluding carboxylic acids is 1. The molecule has 0 spiro atoms. The predicted molar refractivity (Wildman–Crippen MR) is 109 cm³/mol. The largest absolute Gasteiger partial charge is 0.379 e. The van der Waals surface area contributed by atoms with E-state index in [1.54, 1.807) is 11.3 Å². The molecule has 5 heteroatoms. The Morgan fingerprint density at radius 2 is 2.04 bits per heavy atom. The van der Waals surface area contributed by atoms with E-state index in [2.05, 4.69) is 47.5 Å². The Balaban J connectivity index is 1.39. The third-order valence-electron chi connectivity index (χ3n) is 5.61. The second-order valence-corrected chi connectivity index (χ2v) is 8.88. The van der Waals surface area contributed by atoms with Crippen LogP contribution in [0.3, 0.4) is 0 Å². The first kappa shape index (κ1) is 18.7. The highest BCUT2D eigenvalue weighted by Gasteiger charge is 2.21. The van der Waals surface area contributed by atoms with Crippen LogP contribution < -0.4 is 5.32 Å². The molecule has 1 aromatic carbocycles. The van der Waals surface area contributed by atoms with Crippen LogP contribution in [0.2, 0.25) is 0 Å². The summed E-state index contributed by atoms with van der Waals surface area (Å²) in [5.74, 6) is 0.790. The molecule has 0 saturated carbocycles. The molecule has 4 nitrogen and oxygen atoms in total. The third-order valence-corrected chi connectivity index (χ3v) is 6.84. The Morgan fingerprint density at radius 3 is 2.85 bits per heavy atom. The van der Waals surface area contributed by atoms with E-state index in [0.717, 1.165) is 56.5 Å². The van der Waals surface area contributed by atoms with Crippen molar-refractivity contribution in [1.29, 1.82) is 0 Å². The highest BCUT2D eigenvalue weighted by atomic mass is 32.1. The van der Waals surface area contributed by atoms with Crippen LogP contribution in [0.25, 0.3) is 0 Å². The smallest absolute Gasteiger partial charge is 0.261 e. The molecule has 1 aliphatic heterocycles. The lowest BCUT2D eigenvalue weighted by molar-refractivity contribution is 0.0340. The number of aryl methyl sites for hydroxylation is 1. The zero-order chi connectivity index (χ0) is 18.6. The molecule has 1 aromatic heterocycles. The lowest BCUT2D eigenvalue weighted by Crippen LogP contribution is -2.36. The SMILES string of the molecule is C[C@H]1CCc2sc(C(=O)NCc3ccccc3CN3CCOCC3)cc2C1. The number of rotatable bonds is 5. The van der Waals surface area contributed by atoms with E-state index in [1.165, 1.54) is 28.0 Å². The van der Waals surface area contributed by atoms with Crippen molar-refractivity contribution in [3.05, 3.63) is 56.8 Å². The monoisotopic (exact) mass is 384 g/mol. The van der Waals surface area contributed by atoms with E-state index >= 15 is 0 Å². The van der Waals surface area contributed by atoms with Crippen LogP contribution in [-0.2, 0) is 30.7 Å². The molecule has 1 amide bonds. The van der Waals surface area contributed by atoms with Crippen LogP contribution in [0, 0.1) is 5.92 Å². The number of hydrogen-bond donors (Lipinski definition) is 1. The predicted octanol–water partition coefficient (Wildman–Crippen LogP) is 3.64. The fraction of sp³-hybridized carbons (Fsp3) is 0.500. The Labute approximate surface area is 165 Å². The molecule has 1 aliphatic carbocycles. The van der Waals surface area contributed by atoms with Crippen molar-refractivity contribution in [2.45, 2.75) is 39.3 Å². The Morgan fingerprint density at radius 1 is 1.26 bits per heavy atom. The van der Waals surface area contributed by atoms with E-state index in [-0.39, 0.29) is 5.91 Å². The van der Waals surface area contributed by atoms with Crippen molar-refractivity contribution in [3.8, 4) is 0 Å². The normalized spacial score (nSPS) is 20.3. The van der Waals surface area contributed by atoms with E-state index in [4.69, 9.17) is 4.74 Å². The summed E-state index contributed by atoms with van der Waals surface area (Å²) in [6.07, 6.45) is 3.47. The van der Waals surface area contributed by atoms with Gasteiger partial charge in [-0.05, 0) is 47.9 Å². The minimum atomic E-state index is 0.0585. The highest BCUT2D eigenvalue weighted by molar-refractivity contribution is 7.14. The number of carbonyl (C=O) groups is 1. The Hall–Kier alpha value is -1.69. The first-order valence-electron chi connectivity index (χ1n) is 9.95. The number of amides is 1. The summed E-state index contributed by atoms with van der Waals surface area (Å²) in [5, 5.41) is 3.14. The molecule has 1 atom stereocenters. The lowest BCUT2D eigenvalue weighted by atomic mass is 9.90. The van der Waals surface area contributed by atoms with E-state index in [1.807, 2.05) is 0 Å². The number of hydrogen-bond acceptors (Lipinski definition) is 4. The molecular formula is C22H28N2O2S. The van der Waals surface area contributed by atoms with Crippen molar-refractivity contribution < 1.29 is 9.53 Å². The van der Waals surface area contributed by atoms with Crippen LogP contribution in [0.5, 0.6) is 0 Å². The van der Waals surface area contributed by atoms with Gasteiger partial charge in [0.05, 0.1) is 18.1 Å². The summed E-state index contributed by atoms with van der Waals surface area (Å²) in [6.45, 7) is 7.35. The third kappa shape index (κ3) is 4.60. The molecule has 1 N–H and O–H groups in total. The molecular weight excluding hydrogens is 356 g/mol. The van der Waals surface area contributed by atoms with Crippen molar-refractivity contribution in [2.24, 2.45) is 5.92 Å². The maximum absolute atomic E-state index is 12.7. The van der Waals surface area contributed by atoms with Crippen molar-refractivity contribution in [1.82, 2.24) is 10.2 Å². The van der Waals surface area contributed by atoms with Gasteiger partial charge in [-0.2, -0.15) is 0 Å². The number of fused-ring (bicyclic) bond motifs is 1. The van der Waals surface area contributed by atoms with Crippen LogP contribution >= 0.6 is 11.3 Å². The van der Waals surface area contributed by atoms with E-state index < -0.39 is 0 Å². The van der Waals surface area contributed by atoms with Gasteiger partial charge >= 0.3 is 0 Å². The fourth-order valence-corrected chi connectivity index (χ4v) is 5.09. The average Bonchev–Trinajstić information content (AvgIpc) is 3.11. The number of ether oxygens (including phenoxy) is 1. The molecule has 1 saturated heterocycles. The molecule has 0 radical (unpaired) electrons. The standard InChI is InChI=1S/C22H28N2O2S/c1-16-6-7-20-19(12-16)13-21(27-20)22(25)23-14-17-4-2-3-5-18(17)15-24-8-10-26-11-9-24/h2-5,13,16H,6-12,14-15H2,1H3,(H,23,25)/t16-/m0/s1. The summed E-state index contributed by atoms with van der Waals surface area (Å²) in [6, 6.07) is 10.5. The zero-order valence-electron chi connectivity index (χ0n) is 16.0. The van der Waals surface area contributed by atoms with Crippen LogP contribution in [0.4, 0.5) is 0 Å². The molecule has 2 heterocycles. The number of benzene rings is 1. The van der Waals surface area contributed by atoms with Crippen molar-refractivity contribution in [3.63, 3.8) is 0 Å². The quantitative estimate of drug-likeness (QED) is 0.856. The topological polar surface area (TPSA) is 41.6 Å². The average molecular weight is 385 g/mol. The maximum atomic E-state index is 12.7. The van der Waals surface area contributed by atoms with Gasteiger partial charge in [-0.3, -0.25) is 9.69 Å². The number of nitrogens with zero attached hydrogens (tertiary/aromatic N) is 1. The summed E-state index contributed by atoms with van der Waals surface area (Å²) in [5.41, 5.74) is 3.88. The number of morpholine rings is 1. The van der Waals surface area contributed by atoms with Crippen molar-refractivity contribution in [2.75, 3.05) is 26.3 Å². The van der Waals surface area contributed by atoms with E-state index in [0.29, 0.717) is 6.54 Å². The van der Waals surface area contributed by atoms with Gasteiger partial charge in [0.1, 0.15) is 0 Å². The second kappa shape index (κ2) is 8.55. The number of nitrogens with one attached hydrogen (secondary N) is 1. The van der Waals surface area contributed by atoms with Gasteiger partial charge < -0.3 is 10.1 Å². The molecule has 2 aromatic rings. The van der Waals surface area contributed by atoms with Crippen LogP contribution in [-0.4, -0.2) is 37.1 Å². The summed E-state index contributed by atoms with van der Waals surface area (Å²) in [7, 11) is 0. The van der Waals surface area contributed by atoms with Gasteiger partial charge in [0.15, 0.2) is 0 Å². The number of thiophene rings is 1. The first-order chi connectivity index (χ1) is 13.2. The maximum Gasteiger partial charge on any atom is 0.261 e. The summed E-state index contributed by atoms with van der Waals surface area (Å²) in [4.78, 5) is 17.4. The Kier molecular flexibility index (Phi) is 5.91. The minimum absolute atomic E-state index is 0.0585. The molecule has 144 valence electrons. The second-order valence-electron chi connectivity index (χ2n) is 7.75. The van der Waals surface area contributed by atoms with Crippen LogP contribution in [0.15, 0.2) is 30.3 Å². The van der Waals surface area contributed by atoms with Gasteiger partial charge in [0, 0.05) is 31.1 Å². The molecule has 1 fully saturated rings. The highest BCUT2D eigenvalue weighted by Crippen LogP contribution is 2.32. The van der Waals surface area contributed by atoms with Gasteiger partial charge in [-0.1, -0.05) is 31.2 Å². The van der Waals surface area contributed by atoms with E-state index in [9.17, 15) is 4.79 Å². The Bertz CT molecular complexity index is 795. The summed E-state index contributed by atoms with van der Waals surface area (Å²) >= 11 is 1.68. The molecule has 2 aliphatic rings. The van der Waals surface area contributed by atoms with Gasteiger partial charge in [-0.15, -0.1) is 11.3 Å². The fourth-order valence-electron chi connectivity index (χ4n) is 3.96. The molecule has 0 bridgehead atoms. The lowest BCUT2D eigenvalue weighted by Gasteiger charge is -2.27. The molecule has 27 heavy (non-hydrogen) atoms. The van der Waals surface area contributed by atoms with Gasteiger partial charge in [-0.25, -0.2) is 0 Å². The zero-order valence-corrected chi connectivity index (χ0v) is 16.8. The van der Waals surface area contributed by atoms with Crippen molar-refractivity contribution >= 4 is 17.2 Å². The molecule has 0 unspecified atom stereocenters. The first-order valence-corrected chi connectivity index (χ1v) is 10.8. The van der Waals surface area contributed by atoms with Gasteiger partial charge in [0.2, 0.25) is 0 Å². The van der Waals surface area contributed by atoms with Crippen LogP contribution in [0.1, 0.15) is 44.6 Å². The summed E-state index contributed by atoms with van der Waals surface area (Å²) < 4.78 is 5.44. The minimum Gasteiger partial charge on any atom is -0.379 e.